The molecule has 124 valence electrons. The molecule has 1 aliphatic rings. The molecule has 0 spiro atoms. The largest absolute Gasteiger partial charge is 0.466 e. The minimum Gasteiger partial charge on any atom is -0.466 e. The number of ether oxygens (including phenoxy) is 3. The van der Waals surface area contributed by atoms with Gasteiger partial charge in [-0.3, -0.25) is 10.1 Å². The normalized spacial score (nSPS) is 17.6. The smallest absolute Gasteiger partial charge is 0.343 e. The Hall–Kier alpha value is -2.41. The molecule has 7 nitrogen and oxygen atoms in total. The van der Waals surface area contributed by atoms with E-state index >= 15 is 0 Å². The van der Waals surface area contributed by atoms with Gasteiger partial charge in [0.25, 0.3) is 5.69 Å². The van der Waals surface area contributed by atoms with Crippen molar-refractivity contribution in [2.24, 2.45) is 0 Å². The number of carbonyl (C=O) groups excluding carboxylic acids is 1. The molecule has 0 amide bonds. The van der Waals surface area contributed by atoms with Gasteiger partial charge in [0.15, 0.2) is 6.29 Å². The second kappa shape index (κ2) is 7.73. The summed E-state index contributed by atoms with van der Waals surface area (Å²) in [5, 5.41) is 10.6. The van der Waals surface area contributed by atoms with Crippen LogP contribution in [0, 0.1) is 10.1 Å². The fourth-order valence-electron chi connectivity index (χ4n) is 2.25. The van der Waals surface area contributed by atoms with Crippen molar-refractivity contribution in [3.8, 4) is 0 Å². The first-order valence-electron chi connectivity index (χ1n) is 7.52. The van der Waals surface area contributed by atoms with Crippen LogP contribution >= 0.6 is 0 Å². The number of nitro groups is 1. The first kappa shape index (κ1) is 17.0. The zero-order chi connectivity index (χ0) is 16.8. The van der Waals surface area contributed by atoms with Crippen LogP contribution in [0.4, 0.5) is 5.69 Å². The Kier molecular flexibility index (Phi) is 5.70. The Morgan fingerprint density at radius 1 is 1.35 bits per heavy atom. The quantitative estimate of drug-likeness (QED) is 0.452. The van der Waals surface area contributed by atoms with Gasteiger partial charge in [-0.05, 0) is 19.1 Å². The summed E-state index contributed by atoms with van der Waals surface area (Å²) in [5.41, 5.74) is 0.182. The highest BCUT2D eigenvalue weighted by Crippen LogP contribution is 2.28. The van der Waals surface area contributed by atoms with Crippen molar-refractivity contribution in [1.82, 2.24) is 0 Å². The van der Waals surface area contributed by atoms with Gasteiger partial charge >= 0.3 is 5.97 Å². The van der Waals surface area contributed by atoms with Crippen LogP contribution in [0.3, 0.4) is 0 Å². The lowest BCUT2D eigenvalue weighted by molar-refractivity contribution is -0.384. The molecule has 23 heavy (non-hydrogen) atoms. The molecule has 0 N–H and O–H groups in total. The van der Waals surface area contributed by atoms with Crippen LogP contribution in [0.2, 0.25) is 0 Å². The van der Waals surface area contributed by atoms with Crippen LogP contribution in [0.25, 0.3) is 0 Å². The molecule has 1 heterocycles. The average Bonchev–Trinajstić information content (AvgIpc) is 2.56. The molecular weight excluding hydrogens is 302 g/mol. The molecule has 1 aromatic rings. The zero-order valence-corrected chi connectivity index (χ0v) is 13.1. The standard InChI is InChI=1S/C16H19NO6/c1-3-13-14(9-10-15(22-13)21-4-2)23-16(18)11-5-7-12(8-6-11)17(19)20/h5-8,15H,3-4,9-10H2,1-2H3. The highest BCUT2D eigenvalue weighted by atomic mass is 16.7. The van der Waals surface area contributed by atoms with E-state index in [4.69, 9.17) is 14.2 Å². The Balaban J connectivity index is 2.07. The number of rotatable bonds is 6. The number of nitrogens with zero attached hydrogens (tertiary/aromatic N) is 1. The molecule has 1 aromatic carbocycles. The maximum absolute atomic E-state index is 12.1. The number of non-ortho nitro benzene ring substituents is 1. The van der Waals surface area contributed by atoms with Crippen LogP contribution in [-0.4, -0.2) is 23.8 Å². The molecular formula is C16H19NO6. The maximum Gasteiger partial charge on any atom is 0.343 e. The van der Waals surface area contributed by atoms with E-state index in [0.29, 0.717) is 37.4 Å². The average molecular weight is 321 g/mol. The van der Waals surface area contributed by atoms with E-state index in [9.17, 15) is 14.9 Å². The van der Waals surface area contributed by atoms with Crippen molar-refractivity contribution in [2.45, 2.75) is 39.4 Å². The van der Waals surface area contributed by atoms with Crippen molar-refractivity contribution in [3.63, 3.8) is 0 Å². The summed E-state index contributed by atoms with van der Waals surface area (Å²) in [6.07, 6.45) is 1.44. The first-order chi connectivity index (χ1) is 11.0. The minimum atomic E-state index is -0.556. The summed E-state index contributed by atoms with van der Waals surface area (Å²) in [6, 6.07) is 5.29. The van der Waals surface area contributed by atoms with Gasteiger partial charge in [0.2, 0.25) is 0 Å². The summed E-state index contributed by atoms with van der Waals surface area (Å²) in [6.45, 7) is 4.35. The molecule has 1 atom stereocenters. The fraction of sp³-hybridized carbons (Fsp3) is 0.438. The summed E-state index contributed by atoms with van der Waals surface area (Å²) in [4.78, 5) is 22.2. The van der Waals surface area contributed by atoms with Crippen molar-refractivity contribution in [2.75, 3.05) is 6.61 Å². The molecule has 2 rings (SSSR count). The van der Waals surface area contributed by atoms with E-state index in [1.54, 1.807) is 0 Å². The van der Waals surface area contributed by atoms with E-state index < -0.39 is 10.9 Å². The topological polar surface area (TPSA) is 87.9 Å². The van der Waals surface area contributed by atoms with Crippen molar-refractivity contribution in [1.29, 1.82) is 0 Å². The molecule has 7 heteroatoms. The summed E-state index contributed by atoms with van der Waals surface area (Å²) >= 11 is 0. The van der Waals surface area contributed by atoms with Gasteiger partial charge in [-0.15, -0.1) is 0 Å². The number of hydrogen-bond donors (Lipinski definition) is 0. The molecule has 0 bridgehead atoms. The van der Waals surface area contributed by atoms with E-state index in [1.807, 2.05) is 13.8 Å². The minimum absolute atomic E-state index is 0.0735. The lowest BCUT2D eigenvalue weighted by Gasteiger charge is -2.27. The van der Waals surface area contributed by atoms with Crippen LogP contribution < -0.4 is 0 Å². The monoisotopic (exact) mass is 321 g/mol. The van der Waals surface area contributed by atoms with Crippen LogP contribution in [0.1, 0.15) is 43.5 Å². The summed E-state index contributed by atoms with van der Waals surface area (Å²) in [5.74, 6) is 0.538. The first-order valence-corrected chi connectivity index (χ1v) is 7.52. The number of carbonyl (C=O) groups is 1. The molecule has 0 saturated carbocycles. The summed E-state index contributed by atoms with van der Waals surface area (Å²) in [7, 11) is 0. The number of allylic oxidation sites excluding steroid dienone is 2. The number of esters is 1. The van der Waals surface area contributed by atoms with E-state index in [1.165, 1.54) is 24.3 Å². The number of benzene rings is 1. The van der Waals surface area contributed by atoms with Gasteiger partial charge in [-0.1, -0.05) is 6.92 Å². The highest BCUT2D eigenvalue weighted by molar-refractivity contribution is 5.90. The highest BCUT2D eigenvalue weighted by Gasteiger charge is 2.25. The third kappa shape index (κ3) is 4.29. The molecule has 0 aliphatic carbocycles. The van der Waals surface area contributed by atoms with E-state index in [-0.39, 0.29) is 17.5 Å². The fourth-order valence-corrected chi connectivity index (χ4v) is 2.25. The third-order valence-electron chi connectivity index (χ3n) is 3.40. The number of nitro benzene ring substituents is 1. The maximum atomic E-state index is 12.1. The van der Waals surface area contributed by atoms with Gasteiger partial charge in [0.05, 0.1) is 10.5 Å². The van der Waals surface area contributed by atoms with Gasteiger partial charge in [-0.2, -0.15) is 0 Å². The van der Waals surface area contributed by atoms with Crippen molar-refractivity contribution in [3.05, 3.63) is 51.5 Å². The van der Waals surface area contributed by atoms with E-state index in [0.717, 1.165) is 0 Å². The van der Waals surface area contributed by atoms with Crippen molar-refractivity contribution < 1.29 is 23.9 Å². The van der Waals surface area contributed by atoms with Crippen LogP contribution in [0.15, 0.2) is 35.8 Å². The molecule has 1 aliphatic heterocycles. The Labute approximate surface area is 134 Å². The lowest BCUT2D eigenvalue weighted by Crippen LogP contribution is -2.23. The zero-order valence-electron chi connectivity index (χ0n) is 13.1. The number of hydrogen-bond acceptors (Lipinski definition) is 6. The van der Waals surface area contributed by atoms with E-state index in [2.05, 4.69) is 0 Å². The van der Waals surface area contributed by atoms with Gasteiger partial charge in [0.1, 0.15) is 11.5 Å². The van der Waals surface area contributed by atoms with Crippen LogP contribution in [0.5, 0.6) is 0 Å². The SMILES string of the molecule is CCOC1CCC(OC(=O)c2ccc([N+](=O)[O-])cc2)=C(CC)O1. The Morgan fingerprint density at radius 3 is 2.61 bits per heavy atom. The predicted octanol–water partition coefficient (Wildman–Crippen LogP) is 3.55. The molecule has 0 fully saturated rings. The second-order valence-corrected chi connectivity index (χ2v) is 4.93. The lowest BCUT2D eigenvalue weighted by atomic mass is 10.1. The van der Waals surface area contributed by atoms with Crippen molar-refractivity contribution >= 4 is 11.7 Å². The third-order valence-corrected chi connectivity index (χ3v) is 3.40. The predicted molar refractivity (Wildman–Crippen MR) is 81.6 cm³/mol. The van der Waals surface area contributed by atoms with Gasteiger partial charge in [0, 0.05) is 38.0 Å². The Morgan fingerprint density at radius 2 is 2.04 bits per heavy atom. The molecule has 0 saturated heterocycles. The Bertz CT molecular complexity index is 608. The molecule has 0 aromatic heterocycles. The van der Waals surface area contributed by atoms with Gasteiger partial charge < -0.3 is 14.2 Å². The summed E-state index contributed by atoms with van der Waals surface area (Å²) < 4.78 is 16.5. The second-order valence-electron chi connectivity index (χ2n) is 4.93. The molecule has 0 radical (unpaired) electrons. The van der Waals surface area contributed by atoms with Gasteiger partial charge in [-0.25, -0.2) is 4.79 Å². The molecule has 1 unspecified atom stereocenters. The van der Waals surface area contributed by atoms with Crippen LogP contribution in [-0.2, 0) is 14.2 Å².